The molecule has 1 saturated carbocycles. The van der Waals surface area contributed by atoms with Crippen molar-refractivity contribution in [3.63, 3.8) is 0 Å². The van der Waals surface area contributed by atoms with E-state index in [1.165, 1.54) is 31.7 Å². The number of benzene rings is 1. The van der Waals surface area contributed by atoms with Crippen molar-refractivity contribution < 1.29 is 4.39 Å². The van der Waals surface area contributed by atoms with E-state index in [1.807, 2.05) is 13.1 Å². The van der Waals surface area contributed by atoms with Crippen molar-refractivity contribution in [1.29, 1.82) is 0 Å². The molecule has 0 aliphatic heterocycles. The zero-order valence-corrected chi connectivity index (χ0v) is 10.9. The Kier molecular flexibility index (Phi) is 4.41. The second-order valence-electron chi connectivity index (χ2n) is 4.86. The Balaban J connectivity index is 2.11. The second-order valence-corrected chi connectivity index (χ2v) is 5.23. The van der Waals surface area contributed by atoms with Crippen LogP contribution in [0.2, 0.25) is 5.02 Å². The summed E-state index contributed by atoms with van der Waals surface area (Å²) in [6, 6.07) is 5.64. The molecule has 0 aromatic heterocycles. The Morgan fingerprint density at radius 2 is 2.12 bits per heavy atom. The van der Waals surface area contributed by atoms with Crippen molar-refractivity contribution in [3.8, 4) is 0 Å². The zero-order valence-electron chi connectivity index (χ0n) is 10.2. The van der Waals surface area contributed by atoms with Gasteiger partial charge in [0.1, 0.15) is 5.82 Å². The smallest absolute Gasteiger partial charge is 0.142 e. The number of halogens is 2. The van der Waals surface area contributed by atoms with Gasteiger partial charge in [-0.1, -0.05) is 36.6 Å². The predicted molar refractivity (Wildman–Crippen MR) is 69.9 cm³/mol. The lowest BCUT2D eigenvalue weighted by molar-refractivity contribution is 0.272. The Morgan fingerprint density at radius 1 is 1.35 bits per heavy atom. The molecule has 3 heteroatoms. The van der Waals surface area contributed by atoms with Crippen LogP contribution in [-0.2, 0) is 6.42 Å². The van der Waals surface area contributed by atoms with Gasteiger partial charge < -0.3 is 5.32 Å². The maximum absolute atomic E-state index is 13.4. The normalized spacial score (nSPS) is 24.9. The third kappa shape index (κ3) is 2.99. The highest BCUT2D eigenvalue weighted by atomic mass is 35.5. The van der Waals surface area contributed by atoms with Gasteiger partial charge >= 0.3 is 0 Å². The average molecular weight is 256 g/mol. The Bertz CT molecular complexity index is 380. The lowest BCUT2D eigenvalue weighted by Gasteiger charge is -2.31. The molecule has 0 heterocycles. The summed E-state index contributed by atoms with van der Waals surface area (Å²) in [5, 5.41) is 3.67. The molecular weight excluding hydrogens is 237 g/mol. The standard InChI is InChI=1S/C14H19ClFN/c1-17-13-8-3-2-5-10(13)9-11-6-4-7-12(16)14(11)15/h4,6-7,10,13,17H,2-3,5,8-9H2,1H3. The van der Waals surface area contributed by atoms with E-state index in [-0.39, 0.29) is 5.82 Å². The van der Waals surface area contributed by atoms with Crippen molar-refractivity contribution >= 4 is 11.6 Å². The van der Waals surface area contributed by atoms with Gasteiger partial charge in [0.2, 0.25) is 0 Å². The van der Waals surface area contributed by atoms with E-state index < -0.39 is 0 Å². The number of rotatable bonds is 3. The van der Waals surface area contributed by atoms with E-state index in [0.717, 1.165) is 12.0 Å². The molecule has 2 rings (SSSR count). The lowest BCUT2D eigenvalue weighted by atomic mass is 9.81. The molecule has 0 saturated heterocycles. The number of nitrogens with one attached hydrogen (secondary N) is 1. The monoisotopic (exact) mass is 255 g/mol. The minimum Gasteiger partial charge on any atom is -0.317 e. The van der Waals surface area contributed by atoms with Crippen LogP contribution in [0.15, 0.2) is 18.2 Å². The second kappa shape index (κ2) is 5.83. The number of hydrogen-bond donors (Lipinski definition) is 1. The fourth-order valence-electron chi connectivity index (χ4n) is 2.82. The summed E-state index contributed by atoms with van der Waals surface area (Å²) in [5.74, 6) is 0.272. The highest BCUT2D eigenvalue weighted by molar-refractivity contribution is 6.31. The van der Waals surface area contributed by atoms with Gasteiger partial charge in [-0.2, -0.15) is 0 Å². The summed E-state index contributed by atoms with van der Waals surface area (Å²) in [4.78, 5) is 0. The molecule has 17 heavy (non-hydrogen) atoms. The molecule has 1 nitrogen and oxygen atoms in total. The maximum atomic E-state index is 13.4. The van der Waals surface area contributed by atoms with Gasteiger partial charge in [-0.3, -0.25) is 0 Å². The third-order valence-corrected chi connectivity index (χ3v) is 4.22. The van der Waals surface area contributed by atoms with Crippen molar-refractivity contribution in [2.75, 3.05) is 7.05 Å². The fourth-order valence-corrected chi connectivity index (χ4v) is 3.02. The zero-order chi connectivity index (χ0) is 12.3. The molecule has 94 valence electrons. The van der Waals surface area contributed by atoms with Crippen LogP contribution in [0.1, 0.15) is 31.2 Å². The van der Waals surface area contributed by atoms with Crippen LogP contribution in [0.5, 0.6) is 0 Å². The maximum Gasteiger partial charge on any atom is 0.142 e. The van der Waals surface area contributed by atoms with Crippen molar-refractivity contribution in [2.24, 2.45) is 5.92 Å². The first-order valence-electron chi connectivity index (χ1n) is 6.32. The molecule has 2 atom stereocenters. The summed E-state index contributed by atoms with van der Waals surface area (Å²) in [7, 11) is 2.01. The van der Waals surface area contributed by atoms with Crippen molar-refractivity contribution in [1.82, 2.24) is 5.32 Å². The number of hydrogen-bond acceptors (Lipinski definition) is 1. The van der Waals surface area contributed by atoms with Crippen LogP contribution in [0.3, 0.4) is 0 Å². The van der Waals surface area contributed by atoms with Crippen LogP contribution in [0.25, 0.3) is 0 Å². The van der Waals surface area contributed by atoms with E-state index in [2.05, 4.69) is 5.32 Å². The van der Waals surface area contributed by atoms with E-state index in [1.54, 1.807) is 6.07 Å². The molecule has 1 aromatic rings. The van der Waals surface area contributed by atoms with Gasteiger partial charge in [0, 0.05) is 6.04 Å². The largest absolute Gasteiger partial charge is 0.317 e. The Labute approximate surface area is 107 Å². The SMILES string of the molecule is CNC1CCCCC1Cc1cccc(F)c1Cl. The Morgan fingerprint density at radius 3 is 2.88 bits per heavy atom. The van der Waals surface area contributed by atoms with Gasteiger partial charge in [-0.05, 0) is 43.9 Å². The molecule has 1 N–H and O–H groups in total. The highest BCUT2D eigenvalue weighted by Crippen LogP contribution is 2.30. The minimum absolute atomic E-state index is 0.299. The van der Waals surface area contributed by atoms with Gasteiger partial charge in [-0.15, -0.1) is 0 Å². The molecule has 1 aliphatic rings. The first-order valence-corrected chi connectivity index (χ1v) is 6.70. The molecule has 2 unspecified atom stereocenters. The van der Waals surface area contributed by atoms with Crippen LogP contribution in [0, 0.1) is 11.7 Å². The highest BCUT2D eigenvalue weighted by Gasteiger charge is 2.24. The summed E-state index contributed by atoms with van der Waals surface area (Å²) < 4.78 is 13.4. The van der Waals surface area contributed by atoms with Gasteiger partial charge in [0.25, 0.3) is 0 Å². The summed E-state index contributed by atoms with van der Waals surface area (Å²) in [6.45, 7) is 0. The molecule has 1 fully saturated rings. The first kappa shape index (κ1) is 12.8. The van der Waals surface area contributed by atoms with Gasteiger partial charge in [0.15, 0.2) is 0 Å². The van der Waals surface area contributed by atoms with Crippen LogP contribution in [0.4, 0.5) is 4.39 Å². The van der Waals surface area contributed by atoms with E-state index in [4.69, 9.17) is 11.6 Å². The molecule has 0 spiro atoms. The van der Waals surface area contributed by atoms with Crippen LogP contribution in [-0.4, -0.2) is 13.1 Å². The van der Waals surface area contributed by atoms with E-state index in [0.29, 0.717) is 17.0 Å². The summed E-state index contributed by atoms with van der Waals surface area (Å²) in [6.07, 6.45) is 5.86. The topological polar surface area (TPSA) is 12.0 Å². The molecule has 0 amide bonds. The minimum atomic E-state index is -0.305. The fraction of sp³-hybridized carbons (Fsp3) is 0.571. The van der Waals surface area contributed by atoms with Crippen LogP contribution < -0.4 is 5.32 Å². The molecular formula is C14H19ClFN. The van der Waals surface area contributed by atoms with Crippen LogP contribution >= 0.6 is 11.6 Å². The summed E-state index contributed by atoms with van der Waals surface area (Å²) >= 11 is 6.01. The molecule has 1 aliphatic carbocycles. The summed E-state index contributed by atoms with van der Waals surface area (Å²) in [5.41, 5.74) is 0.943. The first-order chi connectivity index (χ1) is 8.22. The average Bonchev–Trinajstić information content (AvgIpc) is 2.35. The van der Waals surface area contributed by atoms with Gasteiger partial charge in [0.05, 0.1) is 5.02 Å². The molecule has 1 aromatic carbocycles. The Hall–Kier alpha value is -0.600. The van der Waals surface area contributed by atoms with Crippen molar-refractivity contribution in [2.45, 2.75) is 38.1 Å². The van der Waals surface area contributed by atoms with E-state index >= 15 is 0 Å². The molecule has 0 bridgehead atoms. The predicted octanol–water partition coefficient (Wildman–Crippen LogP) is 3.80. The third-order valence-electron chi connectivity index (χ3n) is 3.79. The molecule has 0 radical (unpaired) electrons. The lowest BCUT2D eigenvalue weighted by Crippen LogP contribution is -2.37. The van der Waals surface area contributed by atoms with Crippen molar-refractivity contribution in [3.05, 3.63) is 34.6 Å². The van der Waals surface area contributed by atoms with Gasteiger partial charge in [-0.25, -0.2) is 4.39 Å². The quantitative estimate of drug-likeness (QED) is 0.866. The van der Waals surface area contributed by atoms with E-state index in [9.17, 15) is 4.39 Å².